The molecule has 0 radical (unpaired) electrons. The maximum atomic E-state index is 13.0. The summed E-state index contributed by atoms with van der Waals surface area (Å²) in [5, 5.41) is 13.4. The summed E-state index contributed by atoms with van der Waals surface area (Å²) >= 11 is 6.32. The van der Waals surface area contributed by atoms with Gasteiger partial charge in [0.1, 0.15) is 11.3 Å². The minimum Gasteiger partial charge on any atom is -0.478 e. The molecular weight excluding hydrogens is 454 g/mol. The maximum Gasteiger partial charge on any atom is 0.337 e. The van der Waals surface area contributed by atoms with Crippen LogP contribution in [0.5, 0.6) is 0 Å². The lowest BCUT2D eigenvalue weighted by molar-refractivity contribution is 0.0698. The van der Waals surface area contributed by atoms with Crippen LogP contribution in [0.4, 0.5) is 11.4 Å². The van der Waals surface area contributed by atoms with E-state index in [-0.39, 0.29) is 11.0 Å². The molecule has 3 aromatic carbocycles. The molecule has 0 amide bonds. The minimum absolute atomic E-state index is 0.134. The van der Waals surface area contributed by atoms with Crippen LogP contribution in [-0.2, 0) is 0 Å². The number of halogens is 1. The minimum atomic E-state index is -1.05. The number of carboxylic acid groups (broad SMARTS) is 1. The van der Waals surface area contributed by atoms with Gasteiger partial charge in [0.05, 0.1) is 17.0 Å². The third-order valence-corrected chi connectivity index (χ3v) is 5.68. The molecule has 4 rings (SSSR count). The van der Waals surface area contributed by atoms with E-state index in [1.807, 2.05) is 6.92 Å². The van der Waals surface area contributed by atoms with Crippen LogP contribution in [0.15, 0.2) is 74.9 Å². The topological polar surface area (TPSA) is 118 Å². The third kappa shape index (κ3) is 4.51. The van der Waals surface area contributed by atoms with Crippen LogP contribution in [0.2, 0.25) is 5.02 Å². The lowest BCUT2D eigenvalue weighted by Gasteiger charge is -2.19. The van der Waals surface area contributed by atoms with Crippen LogP contribution in [0.1, 0.15) is 34.5 Å². The molecule has 0 saturated heterocycles. The van der Waals surface area contributed by atoms with Crippen LogP contribution >= 0.6 is 11.6 Å². The highest BCUT2D eigenvalue weighted by Gasteiger charge is 2.19. The average Bonchev–Trinajstić information content (AvgIpc) is 2.80. The molecule has 0 aliphatic rings. The van der Waals surface area contributed by atoms with E-state index >= 15 is 0 Å². The van der Waals surface area contributed by atoms with Gasteiger partial charge in [0.2, 0.25) is 0 Å². The van der Waals surface area contributed by atoms with Crippen molar-refractivity contribution in [2.75, 3.05) is 18.1 Å². The standard InChI is InChI=1S/C26H22ClN3O4/c1-14(30-22-6-4-3-5-18(22)26(32)33)19-10-17(27)11-20-23(31)12-24(34-25(19)20)15-7-8-21(28)16(9-15)13-29-2/h3-14,30H,28H2,1-2H3,(H,32,33). The van der Waals surface area contributed by atoms with Gasteiger partial charge in [-0.2, -0.15) is 0 Å². The van der Waals surface area contributed by atoms with Gasteiger partial charge in [-0.25, -0.2) is 4.79 Å². The number of fused-ring (bicyclic) bond motifs is 1. The number of anilines is 2. The molecule has 7 nitrogen and oxygen atoms in total. The molecule has 0 bridgehead atoms. The van der Waals surface area contributed by atoms with E-state index in [4.69, 9.17) is 21.8 Å². The van der Waals surface area contributed by atoms with Gasteiger partial charge in [-0.05, 0) is 49.4 Å². The summed E-state index contributed by atoms with van der Waals surface area (Å²) in [6, 6.07) is 16.2. The van der Waals surface area contributed by atoms with Gasteiger partial charge in [0.25, 0.3) is 0 Å². The summed E-state index contributed by atoms with van der Waals surface area (Å²) in [7, 11) is 1.65. The lowest BCUT2D eigenvalue weighted by Crippen LogP contribution is -2.12. The number of rotatable bonds is 6. The number of benzene rings is 3. The highest BCUT2D eigenvalue weighted by molar-refractivity contribution is 6.31. The Morgan fingerprint density at radius 1 is 1.18 bits per heavy atom. The fourth-order valence-electron chi connectivity index (χ4n) is 3.80. The number of aliphatic imine (C=N–C) groups is 1. The van der Waals surface area contributed by atoms with Gasteiger partial charge in [0.15, 0.2) is 5.43 Å². The molecule has 1 heterocycles. The van der Waals surface area contributed by atoms with E-state index < -0.39 is 12.0 Å². The van der Waals surface area contributed by atoms with Crippen molar-refractivity contribution < 1.29 is 14.3 Å². The van der Waals surface area contributed by atoms with Crippen molar-refractivity contribution in [1.82, 2.24) is 0 Å². The molecule has 0 aliphatic carbocycles. The van der Waals surface area contributed by atoms with Crippen LogP contribution < -0.4 is 16.5 Å². The zero-order chi connectivity index (χ0) is 24.4. The Morgan fingerprint density at radius 2 is 1.94 bits per heavy atom. The first-order valence-electron chi connectivity index (χ1n) is 10.5. The van der Waals surface area contributed by atoms with Crippen molar-refractivity contribution in [2.24, 2.45) is 4.99 Å². The predicted molar refractivity (Wildman–Crippen MR) is 136 cm³/mol. The highest BCUT2D eigenvalue weighted by atomic mass is 35.5. The smallest absolute Gasteiger partial charge is 0.337 e. The molecule has 0 aliphatic heterocycles. The summed E-state index contributed by atoms with van der Waals surface area (Å²) in [5.74, 6) is -0.681. The van der Waals surface area contributed by atoms with E-state index in [2.05, 4.69) is 10.3 Å². The number of hydrogen-bond donors (Lipinski definition) is 3. The molecule has 1 atom stereocenters. The fraction of sp³-hybridized carbons (Fsp3) is 0.115. The Kier molecular flexibility index (Phi) is 6.38. The van der Waals surface area contributed by atoms with Gasteiger partial charge in [-0.3, -0.25) is 9.79 Å². The Labute approximate surface area is 200 Å². The highest BCUT2D eigenvalue weighted by Crippen LogP contribution is 2.33. The van der Waals surface area contributed by atoms with E-state index in [0.29, 0.717) is 49.8 Å². The molecule has 0 saturated carbocycles. The molecule has 4 aromatic rings. The quantitative estimate of drug-likeness (QED) is 0.246. The van der Waals surface area contributed by atoms with E-state index in [0.717, 1.165) is 0 Å². The van der Waals surface area contributed by atoms with E-state index in [9.17, 15) is 14.7 Å². The Bertz CT molecular complexity index is 1490. The van der Waals surface area contributed by atoms with Crippen molar-refractivity contribution >= 4 is 46.1 Å². The summed E-state index contributed by atoms with van der Waals surface area (Å²) in [4.78, 5) is 28.6. The average molecular weight is 476 g/mol. The first kappa shape index (κ1) is 23.1. The molecule has 4 N–H and O–H groups in total. The SMILES string of the molecule is CN=Cc1cc(-c2cc(=O)c3cc(Cl)cc(C(C)Nc4ccccc4C(=O)O)c3o2)ccc1N. The summed E-state index contributed by atoms with van der Waals surface area (Å²) in [5.41, 5.74) is 9.25. The second kappa shape index (κ2) is 9.41. The third-order valence-electron chi connectivity index (χ3n) is 5.46. The monoisotopic (exact) mass is 475 g/mol. The van der Waals surface area contributed by atoms with Crippen molar-refractivity contribution in [3.63, 3.8) is 0 Å². The molecule has 1 unspecified atom stereocenters. The first-order chi connectivity index (χ1) is 16.3. The summed E-state index contributed by atoms with van der Waals surface area (Å²) in [6.45, 7) is 1.84. The van der Waals surface area contributed by atoms with Crippen LogP contribution in [-0.4, -0.2) is 24.3 Å². The van der Waals surface area contributed by atoms with E-state index in [1.54, 1.807) is 61.8 Å². The number of hydrogen-bond acceptors (Lipinski definition) is 6. The number of nitrogens with two attached hydrogens (primary N) is 1. The van der Waals surface area contributed by atoms with Gasteiger partial charge in [-0.1, -0.05) is 23.7 Å². The van der Waals surface area contributed by atoms with Crippen LogP contribution in [0, 0.1) is 0 Å². The van der Waals surface area contributed by atoms with Crippen molar-refractivity contribution in [1.29, 1.82) is 0 Å². The number of carbonyl (C=O) groups is 1. The molecule has 0 spiro atoms. The first-order valence-corrected chi connectivity index (χ1v) is 10.8. The molecule has 0 fully saturated rings. The number of aromatic carboxylic acids is 1. The number of nitrogens with one attached hydrogen (secondary N) is 1. The normalized spacial score (nSPS) is 12.2. The zero-order valence-electron chi connectivity index (χ0n) is 18.5. The number of nitrogen functional groups attached to an aromatic ring is 1. The largest absolute Gasteiger partial charge is 0.478 e. The second-order valence-corrected chi connectivity index (χ2v) is 8.23. The van der Waals surface area contributed by atoms with Gasteiger partial charge >= 0.3 is 5.97 Å². The molecule has 172 valence electrons. The van der Waals surface area contributed by atoms with Crippen molar-refractivity contribution in [2.45, 2.75) is 13.0 Å². The zero-order valence-corrected chi connectivity index (χ0v) is 19.3. The molecule has 8 heteroatoms. The Balaban J connectivity index is 1.85. The lowest BCUT2D eigenvalue weighted by atomic mass is 10.0. The number of para-hydroxylation sites is 1. The Hall–Kier alpha value is -4.10. The summed E-state index contributed by atoms with van der Waals surface area (Å²) in [6.07, 6.45) is 1.63. The molecule has 34 heavy (non-hydrogen) atoms. The summed E-state index contributed by atoms with van der Waals surface area (Å²) < 4.78 is 6.22. The predicted octanol–water partition coefficient (Wildman–Crippen LogP) is 5.62. The number of nitrogens with zero attached hydrogens (tertiary/aromatic N) is 1. The van der Waals surface area contributed by atoms with Crippen molar-refractivity contribution in [3.05, 3.63) is 92.6 Å². The second-order valence-electron chi connectivity index (χ2n) is 7.79. The maximum absolute atomic E-state index is 13.0. The number of carboxylic acids is 1. The van der Waals surface area contributed by atoms with Crippen molar-refractivity contribution in [3.8, 4) is 11.3 Å². The van der Waals surface area contributed by atoms with Crippen LogP contribution in [0.3, 0.4) is 0 Å². The van der Waals surface area contributed by atoms with Crippen LogP contribution in [0.25, 0.3) is 22.3 Å². The Morgan fingerprint density at radius 3 is 2.68 bits per heavy atom. The van der Waals surface area contributed by atoms with E-state index in [1.165, 1.54) is 12.1 Å². The molecular formula is C26H22ClN3O4. The van der Waals surface area contributed by atoms with Gasteiger partial charge < -0.3 is 20.6 Å². The fourth-order valence-corrected chi connectivity index (χ4v) is 4.02. The van der Waals surface area contributed by atoms with Gasteiger partial charge in [0, 0.05) is 52.4 Å². The molecule has 1 aromatic heterocycles. The van der Waals surface area contributed by atoms with Gasteiger partial charge in [-0.15, -0.1) is 0 Å².